The van der Waals surface area contributed by atoms with E-state index in [0.717, 1.165) is 0 Å². The molecule has 0 aromatic heterocycles. The number of rotatable bonds is 7. The van der Waals surface area contributed by atoms with Gasteiger partial charge in [-0.2, -0.15) is 0 Å². The Morgan fingerprint density at radius 3 is 2.61 bits per heavy atom. The number of hydrogen-bond acceptors (Lipinski definition) is 4. The number of primary amides is 1. The SMILES string of the molecule is NC(=O)CCOc1ccccc1NS(=O)(=O)c1cccc(Br)c1. The van der Waals surface area contributed by atoms with Crippen molar-refractivity contribution in [2.45, 2.75) is 11.3 Å². The predicted octanol–water partition coefficient (Wildman–Crippen LogP) is 2.50. The Bertz CT molecular complexity index is 809. The van der Waals surface area contributed by atoms with Crippen LogP contribution in [0.2, 0.25) is 0 Å². The molecule has 2 aromatic rings. The molecule has 0 aliphatic rings. The second kappa shape index (κ2) is 7.47. The average molecular weight is 399 g/mol. The van der Waals surface area contributed by atoms with Gasteiger partial charge in [-0.05, 0) is 30.3 Å². The van der Waals surface area contributed by atoms with E-state index in [9.17, 15) is 13.2 Å². The number of ether oxygens (including phenoxy) is 1. The van der Waals surface area contributed by atoms with Gasteiger partial charge < -0.3 is 10.5 Å². The van der Waals surface area contributed by atoms with Gasteiger partial charge in [0.15, 0.2) is 0 Å². The zero-order valence-corrected chi connectivity index (χ0v) is 14.4. The summed E-state index contributed by atoms with van der Waals surface area (Å²) in [6.07, 6.45) is 0.0483. The Balaban J connectivity index is 2.20. The third-order valence-corrected chi connectivity index (χ3v) is 4.70. The highest BCUT2D eigenvalue weighted by Crippen LogP contribution is 2.27. The van der Waals surface area contributed by atoms with Gasteiger partial charge in [0.05, 0.1) is 23.6 Å². The highest BCUT2D eigenvalue weighted by atomic mass is 79.9. The van der Waals surface area contributed by atoms with E-state index in [-0.39, 0.29) is 23.6 Å². The Labute approximate surface area is 142 Å². The fourth-order valence-corrected chi connectivity index (χ4v) is 3.44. The van der Waals surface area contributed by atoms with E-state index in [4.69, 9.17) is 10.5 Å². The molecular weight excluding hydrogens is 384 g/mol. The molecule has 0 saturated heterocycles. The van der Waals surface area contributed by atoms with Crippen LogP contribution in [0.4, 0.5) is 5.69 Å². The molecule has 0 fully saturated rings. The summed E-state index contributed by atoms with van der Waals surface area (Å²) in [4.78, 5) is 10.9. The summed E-state index contributed by atoms with van der Waals surface area (Å²) in [5.74, 6) is -0.162. The highest BCUT2D eigenvalue weighted by molar-refractivity contribution is 9.10. The van der Waals surface area contributed by atoms with Crippen LogP contribution in [0, 0.1) is 0 Å². The van der Waals surface area contributed by atoms with Gasteiger partial charge in [0.2, 0.25) is 5.91 Å². The zero-order chi connectivity index (χ0) is 16.9. The second-order valence-electron chi connectivity index (χ2n) is 4.62. The van der Waals surface area contributed by atoms with Crippen molar-refractivity contribution in [2.75, 3.05) is 11.3 Å². The van der Waals surface area contributed by atoms with E-state index < -0.39 is 15.9 Å². The molecule has 1 amide bonds. The minimum Gasteiger partial charge on any atom is -0.491 e. The fourth-order valence-electron chi connectivity index (χ4n) is 1.78. The minimum atomic E-state index is -3.75. The van der Waals surface area contributed by atoms with Crippen LogP contribution in [0.5, 0.6) is 5.75 Å². The maximum Gasteiger partial charge on any atom is 0.262 e. The number of halogens is 1. The first-order chi connectivity index (χ1) is 10.9. The summed E-state index contributed by atoms with van der Waals surface area (Å²) >= 11 is 3.24. The zero-order valence-electron chi connectivity index (χ0n) is 12.0. The molecule has 0 spiro atoms. The van der Waals surface area contributed by atoms with Gasteiger partial charge in [-0.25, -0.2) is 8.42 Å². The topological polar surface area (TPSA) is 98.5 Å². The van der Waals surface area contributed by atoms with Crippen molar-refractivity contribution in [2.24, 2.45) is 5.73 Å². The van der Waals surface area contributed by atoms with Crippen LogP contribution in [-0.2, 0) is 14.8 Å². The smallest absolute Gasteiger partial charge is 0.262 e. The molecule has 0 atom stereocenters. The molecule has 0 aliphatic heterocycles. The summed E-state index contributed by atoms with van der Waals surface area (Å²) in [7, 11) is -3.75. The molecule has 0 heterocycles. The normalized spacial score (nSPS) is 11.0. The minimum absolute atomic E-state index is 0.0483. The van der Waals surface area contributed by atoms with Crippen LogP contribution in [0.25, 0.3) is 0 Å². The summed E-state index contributed by atoms with van der Waals surface area (Å²) in [6, 6.07) is 12.9. The van der Waals surface area contributed by atoms with Gasteiger partial charge in [-0.1, -0.05) is 34.1 Å². The first kappa shape index (κ1) is 17.3. The lowest BCUT2D eigenvalue weighted by Gasteiger charge is -2.13. The van der Waals surface area contributed by atoms with E-state index in [1.807, 2.05) is 0 Å². The summed E-state index contributed by atoms with van der Waals surface area (Å²) in [5.41, 5.74) is 5.34. The maximum atomic E-state index is 12.4. The van der Waals surface area contributed by atoms with Crippen molar-refractivity contribution < 1.29 is 17.9 Å². The van der Waals surface area contributed by atoms with E-state index in [1.54, 1.807) is 36.4 Å². The summed E-state index contributed by atoms with van der Waals surface area (Å²) in [6.45, 7) is 0.0744. The van der Waals surface area contributed by atoms with E-state index in [1.165, 1.54) is 12.1 Å². The molecule has 23 heavy (non-hydrogen) atoms. The van der Waals surface area contributed by atoms with Gasteiger partial charge in [0.1, 0.15) is 5.75 Å². The summed E-state index contributed by atoms with van der Waals surface area (Å²) in [5, 5.41) is 0. The maximum absolute atomic E-state index is 12.4. The van der Waals surface area contributed by atoms with Crippen molar-refractivity contribution in [1.82, 2.24) is 0 Å². The quantitative estimate of drug-likeness (QED) is 0.748. The number of nitrogens with two attached hydrogens (primary N) is 1. The van der Waals surface area contributed by atoms with Crippen LogP contribution >= 0.6 is 15.9 Å². The predicted molar refractivity (Wildman–Crippen MR) is 90.7 cm³/mol. The third kappa shape index (κ3) is 4.97. The number of anilines is 1. The highest BCUT2D eigenvalue weighted by Gasteiger charge is 2.16. The number of amides is 1. The molecule has 122 valence electrons. The van der Waals surface area contributed by atoms with E-state index in [0.29, 0.717) is 10.2 Å². The number of nitrogens with one attached hydrogen (secondary N) is 1. The molecule has 0 radical (unpaired) electrons. The van der Waals surface area contributed by atoms with Crippen molar-refractivity contribution in [1.29, 1.82) is 0 Å². The average Bonchev–Trinajstić information content (AvgIpc) is 2.48. The lowest BCUT2D eigenvalue weighted by atomic mass is 10.3. The molecule has 0 aliphatic carbocycles. The standard InChI is InChI=1S/C15H15BrN2O4S/c16-11-4-3-5-12(10-11)23(20,21)18-13-6-1-2-7-14(13)22-9-8-15(17)19/h1-7,10,18H,8-9H2,(H2,17,19). The fraction of sp³-hybridized carbons (Fsp3) is 0.133. The number of para-hydroxylation sites is 2. The van der Waals surface area contributed by atoms with E-state index in [2.05, 4.69) is 20.7 Å². The molecule has 0 bridgehead atoms. The van der Waals surface area contributed by atoms with E-state index >= 15 is 0 Å². The number of carbonyl (C=O) groups is 1. The van der Waals surface area contributed by atoms with Gasteiger partial charge >= 0.3 is 0 Å². The molecular formula is C15H15BrN2O4S. The van der Waals surface area contributed by atoms with Crippen LogP contribution in [0.15, 0.2) is 57.9 Å². The number of carbonyl (C=O) groups excluding carboxylic acids is 1. The van der Waals surface area contributed by atoms with Crippen LogP contribution in [0.3, 0.4) is 0 Å². The number of benzene rings is 2. The lowest BCUT2D eigenvalue weighted by Crippen LogP contribution is -2.16. The molecule has 6 nitrogen and oxygen atoms in total. The molecule has 2 aromatic carbocycles. The molecule has 0 unspecified atom stereocenters. The van der Waals surface area contributed by atoms with Crippen molar-refractivity contribution in [3.05, 3.63) is 53.0 Å². The van der Waals surface area contributed by atoms with Gasteiger partial charge in [0.25, 0.3) is 10.0 Å². The largest absolute Gasteiger partial charge is 0.491 e. The molecule has 0 saturated carbocycles. The van der Waals surface area contributed by atoms with Crippen molar-refractivity contribution >= 4 is 37.5 Å². The van der Waals surface area contributed by atoms with Gasteiger partial charge in [-0.15, -0.1) is 0 Å². The number of sulfonamides is 1. The third-order valence-electron chi connectivity index (χ3n) is 2.84. The molecule has 8 heteroatoms. The first-order valence-electron chi connectivity index (χ1n) is 6.67. The van der Waals surface area contributed by atoms with Crippen LogP contribution in [0.1, 0.15) is 6.42 Å². The van der Waals surface area contributed by atoms with Gasteiger partial charge in [0, 0.05) is 4.47 Å². The van der Waals surface area contributed by atoms with Crippen LogP contribution in [-0.4, -0.2) is 20.9 Å². The molecule has 2 rings (SSSR count). The summed E-state index contributed by atoms with van der Waals surface area (Å²) < 4.78 is 33.4. The second-order valence-corrected chi connectivity index (χ2v) is 7.22. The lowest BCUT2D eigenvalue weighted by molar-refractivity contribution is -0.118. The van der Waals surface area contributed by atoms with Gasteiger partial charge in [-0.3, -0.25) is 9.52 Å². The van der Waals surface area contributed by atoms with Crippen molar-refractivity contribution in [3.63, 3.8) is 0 Å². The number of hydrogen-bond donors (Lipinski definition) is 2. The Hall–Kier alpha value is -2.06. The Morgan fingerprint density at radius 2 is 1.91 bits per heavy atom. The Morgan fingerprint density at radius 1 is 1.17 bits per heavy atom. The Kier molecular flexibility index (Phi) is 5.62. The molecule has 3 N–H and O–H groups in total. The van der Waals surface area contributed by atoms with Crippen molar-refractivity contribution in [3.8, 4) is 5.75 Å². The van der Waals surface area contributed by atoms with Crippen LogP contribution < -0.4 is 15.2 Å². The monoisotopic (exact) mass is 398 g/mol. The first-order valence-corrected chi connectivity index (χ1v) is 8.94.